The van der Waals surface area contributed by atoms with Gasteiger partial charge in [0.2, 0.25) is 12.5 Å². The molecule has 0 bridgehead atoms. The minimum Gasteiger partial charge on any atom is -0.461 e. The van der Waals surface area contributed by atoms with Crippen LogP contribution in [0.3, 0.4) is 0 Å². The van der Waals surface area contributed by atoms with Crippen molar-refractivity contribution < 1.29 is 14.3 Å². The first-order valence-corrected chi connectivity index (χ1v) is 16.4. The predicted octanol–water partition coefficient (Wildman–Crippen LogP) is 5.55. The van der Waals surface area contributed by atoms with E-state index in [-0.39, 0.29) is 24.6 Å². The quantitative estimate of drug-likeness (QED) is 0.228. The first-order chi connectivity index (χ1) is 21.9. The third-order valence-electron chi connectivity index (χ3n) is 9.81. The summed E-state index contributed by atoms with van der Waals surface area (Å²) in [4.78, 5) is 32.4. The summed E-state index contributed by atoms with van der Waals surface area (Å²) in [6.45, 7) is 16.8. The Bertz CT molecular complexity index is 1640. The Morgan fingerprint density at radius 1 is 1.13 bits per heavy atom. The highest BCUT2D eigenvalue weighted by Gasteiger charge is 2.46. The van der Waals surface area contributed by atoms with Gasteiger partial charge in [0.25, 0.3) is 0 Å². The molecule has 7 rings (SSSR count). The van der Waals surface area contributed by atoms with Crippen molar-refractivity contribution in [2.45, 2.75) is 57.4 Å². The van der Waals surface area contributed by atoms with Gasteiger partial charge in [-0.2, -0.15) is 9.97 Å². The second-order valence-electron chi connectivity index (χ2n) is 12.8. The number of halogens is 1. The van der Waals surface area contributed by atoms with Crippen LogP contribution in [0.4, 0.5) is 11.5 Å². The summed E-state index contributed by atoms with van der Waals surface area (Å²) >= 11 is 6.71. The summed E-state index contributed by atoms with van der Waals surface area (Å²) in [5.41, 5.74) is 3.09. The van der Waals surface area contributed by atoms with Gasteiger partial charge >= 0.3 is 6.01 Å². The Kier molecular flexibility index (Phi) is 8.28. The molecule has 2 aliphatic carbocycles. The van der Waals surface area contributed by atoms with Gasteiger partial charge in [-0.05, 0) is 68.0 Å². The molecule has 4 aliphatic rings. The van der Waals surface area contributed by atoms with Crippen LogP contribution in [-0.4, -0.2) is 78.4 Å². The van der Waals surface area contributed by atoms with E-state index in [1.807, 2.05) is 12.1 Å². The van der Waals surface area contributed by atoms with E-state index < -0.39 is 0 Å². The lowest BCUT2D eigenvalue weighted by Crippen LogP contribution is -2.56. The molecular formula is C35H39ClN6O3. The van der Waals surface area contributed by atoms with E-state index in [1.165, 1.54) is 12.5 Å². The number of amides is 1. The van der Waals surface area contributed by atoms with Crippen molar-refractivity contribution in [3.05, 3.63) is 76.8 Å². The van der Waals surface area contributed by atoms with E-state index >= 15 is 0 Å². The zero-order chi connectivity index (χ0) is 31.1. The monoisotopic (exact) mass is 626 g/mol. The van der Waals surface area contributed by atoms with Gasteiger partial charge in [-0.1, -0.05) is 42.4 Å². The van der Waals surface area contributed by atoms with E-state index in [2.05, 4.69) is 52.4 Å². The molecule has 0 spiro atoms. The highest BCUT2D eigenvalue weighted by molar-refractivity contribution is 6.36. The minimum atomic E-state index is -0.249. The lowest BCUT2D eigenvalue weighted by Gasteiger charge is -2.41. The third-order valence-corrected chi connectivity index (χ3v) is 10.1. The Morgan fingerprint density at radius 3 is 2.71 bits per heavy atom. The number of hydrogen-bond donors (Lipinski definition) is 0. The molecule has 0 N–H and O–H groups in total. The van der Waals surface area contributed by atoms with Crippen LogP contribution in [0.2, 0.25) is 5.02 Å². The number of piperazine rings is 1. The molecule has 1 saturated heterocycles. The number of nitrogens with zero attached hydrogens (tertiary/aromatic N) is 6. The van der Waals surface area contributed by atoms with Crippen LogP contribution in [0.1, 0.15) is 37.4 Å². The van der Waals surface area contributed by atoms with Gasteiger partial charge in [0.1, 0.15) is 18.5 Å². The van der Waals surface area contributed by atoms with Gasteiger partial charge in [-0.3, -0.25) is 4.79 Å². The highest BCUT2D eigenvalue weighted by Crippen LogP contribution is 2.52. The van der Waals surface area contributed by atoms with Crippen LogP contribution >= 0.6 is 11.6 Å². The number of carbonyl (C=O) groups is 1. The molecule has 45 heavy (non-hydrogen) atoms. The van der Waals surface area contributed by atoms with Gasteiger partial charge in [-0.15, -0.1) is 0 Å². The molecule has 2 aromatic carbocycles. The third kappa shape index (κ3) is 6.06. The van der Waals surface area contributed by atoms with E-state index in [4.69, 9.17) is 37.6 Å². The molecule has 3 fully saturated rings. The maximum Gasteiger partial charge on any atom is 0.318 e. The molecule has 4 atom stereocenters. The number of anilines is 2. The number of hydrogen-bond acceptors (Lipinski definition) is 7. The topological polar surface area (TPSA) is 75.4 Å². The molecule has 2 aliphatic heterocycles. The first kappa shape index (κ1) is 29.8. The minimum absolute atomic E-state index is 0.0681. The predicted molar refractivity (Wildman–Crippen MR) is 176 cm³/mol. The molecule has 1 amide bonds. The van der Waals surface area contributed by atoms with Crippen molar-refractivity contribution in [3.8, 4) is 6.01 Å². The zero-order valence-electron chi connectivity index (χ0n) is 25.7. The largest absolute Gasteiger partial charge is 0.461 e. The summed E-state index contributed by atoms with van der Waals surface area (Å²) in [6, 6.07) is 12.4. The molecular weight excluding hydrogens is 588 g/mol. The summed E-state index contributed by atoms with van der Waals surface area (Å²) in [5.74, 6) is 2.41. The fourth-order valence-corrected chi connectivity index (χ4v) is 7.79. The van der Waals surface area contributed by atoms with Crippen molar-refractivity contribution in [2.75, 3.05) is 49.1 Å². The maximum absolute atomic E-state index is 12.6. The Labute approximate surface area is 269 Å². The van der Waals surface area contributed by atoms with E-state index in [9.17, 15) is 4.79 Å². The van der Waals surface area contributed by atoms with Crippen LogP contribution in [0.5, 0.6) is 6.01 Å². The molecule has 3 aromatic rings. The summed E-state index contributed by atoms with van der Waals surface area (Å²) < 4.78 is 12.6. The van der Waals surface area contributed by atoms with Crippen LogP contribution < -0.4 is 14.5 Å². The molecule has 0 radical (unpaired) electrons. The number of benzene rings is 2. The second kappa shape index (κ2) is 12.5. The van der Waals surface area contributed by atoms with Gasteiger partial charge < -0.3 is 29.0 Å². The van der Waals surface area contributed by atoms with Gasteiger partial charge in [0.15, 0.2) is 0 Å². The SMILES string of the molecule is [C-]#[N+]C[C@H]1CN(c2nc(OC[C@H](C)OC3CC4CC4C3)nc3c2CCN(c2cccc4cccc(Cl)c24)C3)CCN1C(=O)C=C. The highest BCUT2D eigenvalue weighted by atomic mass is 35.5. The average molecular weight is 627 g/mol. The van der Waals surface area contributed by atoms with Crippen LogP contribution in [-0.2, 0) is 22.5 Å². The maximum atomic E-state index is 12.6. The Hall–Kier alpha value is -3.87. The number of aromatic nitrogens is 2. The molecule has 2 saturated carbocycles. The Morgan fingerprint density at radius 2 is 1.93 bits per heavy atom. The lowest BCUT2D eigenvalue weighted by atomic mass is 10.0. The van der Waals surface area contributed by atoms with E-state index in [0.29, 0.717) is 44.9 Å². The normalized spacial score (nSPS) is 24.5. The van der Waals surface area contributed by atoms with Crippen LogP contribution in [0.15, 0.2) is 49.1 Å². The van der Waals surface area contributed by atoms with Crippen molar-refractivity contribution in [2.24, 2.45) is 11.8 Å². The standard InChI is InChI=1S/C35H39ClN6O3/c1-4-32(43)42-14-13-41(19-26(42)18-37-3)34-28-11-12-40(31-10-6-8-23-7-5-9-29(36)33(23)31)20-30(28)38-35(39-34)44-21-22(2)45-27-16-24-15-25(24)17-27/h4-10,22,24-27H,1,11-21H2,2H3/t22-,24?,25?,26-,27?/m0/s1. The number of ether oxygens (including phenoxy) is 2. The van der Waals surface area contributed by atoms with Crippen molar-refractivity contribution in [3.63, 3.8) is 0 Å². The summed E-state index contributed by atoms with van der Waals surface area (Å²) in [7, 11) is 0. The van der Waals surface area contributed by atoms with Crippen molar-refractivity contribution in [1.29, 1.82) is 0 Å². The van der Waals surface area contributed by atoms with Gasteiger partial charge in [-0.25, -0.2) is 6.57 Å². The fourth-order valence-electron chi connectivity index (χ4n) is 7.51. The second-order valence-corrected chi connectivity index (χ2v) is 13.2. The summed E-state index contributed by atoms with van der Waals surface area (Å²) in [5, 5.41) is 2.87. The Balaban J connectivity index is 1.17. The smallest absolute Gasteiger partial charge is 0.318 e. The number of fused-ring (bicyclic) bond motifs is 3. The van der Waals surface area contributed by atoms with Gasteiger partial charge in [0.05, 0.1) is 29.5 Å². The van der Waals surface area contributed by atoms with E-state index in [0.717, 1.165) is 76.2 Å². The van der Waals surface area contributed by atoms with Crippen molar-refractivity contribution >= 4 is 39.8 Å². The van der Waals surface area contributed by atoms with Gasteiger partial charge in [0, 0.05) is 42.8 Å². The number of carbonyl (C=O) groups excluding carboxylic acids is 1. The average Bonchev–Trinajstić information content (AvgIpc) is 3.67. The molecule has 3 heterocycles. The van der Waals surface area contributed by atoms with Crippen LogP contribution in [0.25, 0.3) is 15.6 Å². The molecule has 1 aromatic heterocycles. The molecule has 234 valence electrons. The zero-order valence-corrected chi connectivity index (χ0v) is 26.5. The molecule has 9 nitrogen and oxygen atoms in total. The number of rotatable bonds is 9. The molecule has 2 unspecified atom stereocenters. The fraction of sp³-hybridized carbons (Fsp3) is 0.486. The summed E-state index contributed by atoms with van der Waals surface area (Å²) in [6.07, 6.45) is 6.02. The molecule has 10 heteroatoms. The van der Waals surface area contributed by atoms with E-state index in [1.54, 1.807) is 4.90 Å². The van der Waals surface area contributed by atoms with Crippen molar-refractivity contribution in [1.82, 2.24) is 14.9 Å². The first-order valence-electron chi connectivity index (χ1n) is 16.0. The van der Waals surface area contributed by atoms with Crippen LogP contribution in [0, 0.1) is 18.4 Å². The lowest BCUT2D eigenvalue weighted by molar-refractivity contribution is -0.128.